The fraction of sp³-hybridized carbons (Fsp3) is 0.304. The van der Waals surface area contributed by atoms with Crippen molar-refractivity contribution in [1.29, 1.82) is 0 Å². The van der Waals surface area contributed by atoms with E-state index in [9.17, 15) is 0 Å². The van der Waals surface area contributed by atoms with Crippen molar-refractivity contribution in [2.45, 2.75) is 33.0 Å². The highest BCUT2D eigenvalue weighted by Crippen LogP contribution is 2.42. The third kappa shape index (κ3) is 3.63. The highest BCUT2D eigenvalue weighted by atomic mass is 15.4. The summed E-state index contributed by atoms with van der Waals surface area (Å²) in [5, 5.41) is 3.31. The number of anilines is 1. The normalized spacial score (nSPS) is 18.4. The van der Waals surface area contributed by atoms with Gasteiger partial charge in [-0.15, -0.1) is 0 Å². The molecular weight excluding hydrogens is 360 g/mol. The van der Waals surface area contributed by atoms with Gasteiger partial charge >= 0.3 is 0 Å². The van der Waals surface area contributed by atoms with Gasteiger partial charge in [0.1, 0.15) is 6.17 Å². The van der Waals surface area contributed by atoms with Gasteiger partial charge in [0.15, 0.2) is 0 Å². The molecule has 2 aromatic rings. The summed E-state index contributed by atoms with van der Waals surface area (Å²) in [5.74, 6) is 0.638. The summed E-state index contributed by atoms with van der Waals surface area (Å²) in [7, 11) is 2.12. The van der Waals surface area contributed by atoms with E-state index >= 15 is 0 Å². The first-order valence-corrected chi connectivity index (χ1v) is 9.99. The Bertz CT molecular complexity index is 987. The molecule has 6 heteroatoms. The molecule has 150 valence electrons. The molecule has 0 bridgehead atoms. The predicted molar refractivity (Wildman–Crippen MR) is 118 cm³/mol. The third-order valence-electron chi connectivity index (χ3n) is 5.21. The van der Waals surface area contributed by atoms with Crippen LogP contribution in [-0.4, -0.2) is 45.6 Å². The largest absolute Gasteiger partial charge is 0.352 e. The van der Waals surface area contributed by atoms with Crippen molar-refractivity contribution in [1.82, 2.24) is 19.8 Å². The molecule has 2 aliphatic heterocycles. The molecule has 0 fully saturated rings. The fourth-order valence-electron chi connectivity index (χ4n) is 3.78. The maximum atomic E-state index is 5.91. The number of rotatable bonds is 5. The van der Waals surface area contributed by atoms with E-state index in [2.05, 4.69) is 90.5 Å². The van der Waals surface area contributed by atoms with Crippen LogP contribution in [0.4, 0.5) is 5.95 Å². The number of nitrogens with two attached hydrogens (primary N) is 1. The molecule has 0 saturated carbocycles. The Morgan fingerprint density at radius 2 is 1.90 bits per heavy atom. The van der Waals surface area contributed by atoms with Gasteiger partial charge < -0.3 is 20.9 Å². The second-order valence-electron chi connectivity index (χ2n) is 7.82. The number of hydrogen-bond acceptors (Lipinski definition) is 6. The molecule has 3 N–H and O–H groups in total. The number of likely N-dealkylation sites (N-methyl/N-ethyl adjacent to an activating group) is 1. The first-order chi connectivity index (χ1) is 14.0. The Labute approximate surface area is 172 Å². The number of nitrogens with zero attached hydrogens (tertiary/aromatic N) is 4. The number of aryl methyl sites for hydroxylation is 1. The second-order valence-corrected chi connectivity index (χ2v) is 7.82. The first-order valence-electron chi connectivity index (χ1n) is 9.99. The maximum Gasteiger partial charge on any atom is 0.223 e. The van der Waals surface area contributed by atoms with Gasteiger partial charge in [0.2, 0.25) is 5.95 Å². The summed E-state index contributed by atoms with van der Waals surface area (Å²) in [6.07, 6.45) is 8.29. The van der Waals surface area contributed by atoms with Crippen LogP contribution in [0.15, 0.2) is 60.5 Å². The fourth-order valence-corrected chi connectivity index (χ4v) is 3.78. The molecule has 3 heterocycles. The van der Waals surface area contributed by atoms with Crippen LogP contribution in [0.3, 0.4) is 0 Å². The Kier molecular flexibility index (Phi) is 5.11. The summed E-state index contributed by atoms with van der Waals surface area (Å²) in [4.78, 5) is 13.8. The summed E-state index contributed by atoms with van der Waals surface area (Å²) in [5.41, 5.74) is 12.5. The Hall–Kier alpha value is -3.12. The molecule has 4 rings (SSSR count). The molecular formula is C23H28N6. The monoisotopic (exact) mass is 388 g/mol. The van der Waals surface area contributed by atoms with Crippen LogP contribution in [0.5, 0.6) is 0 Å². The number of benzene rings is 1. The molecule has 29 heavy (non-hydrogen) atoms. The van der Waals surface area contributed by atoms with E-state index in [4.69, 9.17) is 10.7 Å². The van der Waals surface area contributed by atoms with Crippen molar-refractivity contribution in [3.63, 3.8) is 0 Å². The lowest BCUT2D eigenvalue weighted by Crippen LogP contribution is -2.36. The van der Waals surface area contributed by atoms with E-state index in [0.717, 1.165) is 28.2 Å². The molecule has 0 saturated heterocycles. The van der Waals surface area contributed by atoms with Crippen molar-refractivity contribution < 1.29 is 0 Å². The Balaban J connectivity index is 1.86. The van der Waals surface area contributed by atoms with Gasteiger partial charge in [-0.2, -0.15) is 0 Å². The molecule has 2 aliphatic rings. The van der Waals surface area contributed by atoms with Crippen LogP contribution < -0.4 is 11.1 Å². The van der Waals surface area contributed by atoms with Crippen molar-refractivity contribution in [2.24, 2.45) is 5.73 Å². The number of fused-ring (bicyclic) bond motifs is 1. The van der Waals surface area contributed by atoms with E-state index < -0.39 is 0 Å². The summed E-state index contributed by atoms with van der Waals surface area (Å²) in [6, 6.07) is 10.9. The maximum absolute atomic E-state index is 5.91. The number of hydrogen-bond donors (Lipinski definition) is 2. The van der Waals surface area contributed by atoms with E-state index in [1.54, 1.807) is 0 Å². The number of aromatic nitrogens is 2. The zero-order valence-electron chi connectivity index (χ0n) is 17.4. The van der Waals surface area contributed by atoms with Crippen LogP contribution in [0.2, 0.25) is 0 Å². The topological polar surface area (TPSA) is 70.3 Å². The molecule has 1 aromatic carbocycles. The predicted octanol–water partition coefficient (Wildman–Crippen LogP) is 3.42. The average molecular weight is 389 g/mol. The molecule has 0 spiro atoms. The third-order valence-corrected chi connectivity index (χ3v) is 5.21. The van der Waals surface area contributed by atoms with Crippen molar-refractivity contribution in [2.75, 3.05) is 18.9 Å². The van der Waals surface area contributed by atoms with Crippen molar-refractivity contribution in [3.05, 3.63) is 77.3 Å². The van der Waals surface area contributed by atoms with Crippen molar-refractivity contribution >= 4 is 17.3 Å². The van der Waals surface area contributed by atoms with E-state index in [1.165, 1.54) is 5.56 Å². The first kappa shape index (κ1) is 19.2. The van der Waals surface area contributed by atoms with Gasteiger partial charge in [0.05, 0.1) is 17.1 Å². The lowest BCUT2D eigenvalue weighted by molar-refractivity contribution is 0.288. The summed E-state index contributed by atoms with van der Waals surface area (Å²) >= 11 is 0. The van der Waals surface area contributed by atoms with Gasteiger partial charge in [-0.1, -0.05) is 29.8 Å². The van der Waals surface area contributed by atoms with Crippen molar-refractivity contribution in [3.8, 4) is 0 Å². The van der Waals surface area contributed by atoms with Crippen LogP contribution in [0, 0.1) is 6.92 Å². The minimum atomic E-state index is 0.0707. The number of nitrogens with one attached hydrogen (secondary N) is 1. The standard InChI is InChI=1S/C23H28N6/c1-15(2)26-23-25-11-9-19(27-23)22-21(18-7-5-16(3)6-8-18)28(4)20-13-17(14-24)10-12-29(20)22/h5-13,15,20H,14,24H2,1-4H3,(H,25,26,27). The molecule has 0 aliphatic carbocycles. The average Bonchev–Trinajstić information content (AvgIpc) is 3.00. The minimum Gasteiger partial charge on any atom is -0.352 e. The van der Waals surface area contributed by atoms with Crippen LogP contribution >= 0.6 is 0 Å². The van der Waals surface area contributed by atoms with E-state index in [-0.39, 0.29) is 12.2 Å². The van der Waals surface area contributed by atoms with Gasteiger partial charge in [0.25, 0.3) is 0 Å². The summed E-state index contributed by atoms with van der Waals surface area (Å²) < 4.78 is 0. The van der Waals surface area contributed by atoms with Crippen LogP contribution in [0.1, 0.15) is 30.7 Å². The zero-order valence-corrected chi connectivity index (χ0v) is 17.4. The minimum absolute atomic E-state index is 0.0707. The zero-order chi connectivity index (χ0) is 20.5. The Morgan fingerprint density at radius 3 is 2.59 bits per heavy atom. The van der Waals surface area contributed by atoms with Crippen LogP contribution in [-0.2, 0) is 0 Å². The molecule has 6 nitrogen and oxygen atoms in total. The molecule has 0 radical (unpaired) electrons. The quantitative estimate of drug-likeness (QED) is 0.818. The molecule has 1 aromatic heterocycles. The lowest BCUT2D eigenvalue weighted by Gasteiger charge is -2.31. The smallest absolute Gasteiger partial charge is 0.223 e. The molecule has 1 atom stereocenters. The SMILES string of the molecule is Cc1ccc(C2=C(c3ccnc(NC(C)C)n3)N3C=CC(CN)=CC3N2C)cc1. The van der Waals surface area contributed by atoms with Gasteiger partial charge in [-0.25, -0.2) is 9.97 Å². The highest BCUT2D eigenvalue weighted by Gasteiger charge is 2.37. The summed E-state index contributed by atoms with van der Waals surface area (Å²) in [6.45, 7) is 6.80. The van der Waals surface area contributed by atoms with E-state index in [1.807, 2.05) is 12.3 Å². The second kappa shape index (κ2) is 7.72. The highest BCUT2D eigenvalue weighted by molar-refractivity contribution is 5.91. The van der Waals surface area contributed by atoms with Crippen LogP contribution in [0.25, 0.3) is 11.4 Å². The molecule has 1 unspecified atom stereocenters. The van der Waals surface area contributed by atoms with Gasteiger partial charge in [0, 0.05) is 37.6 Å². The molecule has 0 amide bonds. The lowest BCUT2D eigenvalue weighted by atomic mass is 10.1. The van der Waals surface area contributed by atoms with E-state index in [0.29, 0.717) is 12.5 Å². The van der Waals surface area contributed by atoms with Gasteiger partial charge in [-0.3, -0.25) is 0 Å². The Morgan fingerprint density at radius 1 is 1.14 bits per heavy atom. The van der Waals surface area contributed by atoms with Gasteiger partial charge in [-0.05, 0) is 44.6 Å².